The minimum atomic E-state index is -0.177. The Balaban J connectivity index is 1.43. The van der Waals surface area contributed by atoms with E-state index in [0.717, 1.165) is 24.2 Å². The molecule has 3 saturated heterocycles. The third kappa shape index (κ3) is 3.27. The quantitative estimate of drug-likeness (QED) is 0.845. The van der Waals surface area contributed by atoms with Crippen molar-refractivity contribution in [2.75, 3.05) is 26.2 Å². The number of carbonyl (C=O) groups is 1. The molecule has 2 bridgehead atoms. The molecule has 0 aliphatic carbocycles. The predicted octanol–water partition coefficient (Wildman–Crippen LogP) is 3.49. The van der Waals surface area contributed by atoms with Crippen LogP contribution in [0.2, 0.25) is 5.02 Å². The molecule has 1 aromatic heterocycles. The molecule has 6 heteroatoms. The highest BCUT2D eigenvalue weighted by atomic mass is 35.5. The van der Waals surface area contributed by atoms with E-state index in [1.807, 2.05) is 41.4 Å². The van der Waals surface area contributed by atoms with Gasteiger partial charge in [0, 0.05) is 30.4 Å². The molecule has 2 aromatic rings. The number of carbonyl (C=O) groups excluding carboxylic acids is 1. The standard InChI is InChI=1S/C22H25ClN4O/c23-18-5-3-17(4-6-18)21-20-16(2-1-10-24-20)9-13-27(21)22(28)25-19-14-26-11-7-15(19)8-12-26/h1-6,10,15,19,21H,7-9,11-14H2,(H,25,28). The molecule has 2 unspecified atom stereocenters. The minimum Gasteiger partial charge on any atom is -0.334 e. The van der Waals surface area contributed by atoms with Crippen molar-refractivity contribution in [1.29, 1.82) is 0 Å². The molecule has 0 radical (unpaired) electrons. The fourth-order valence-corrected chi connectivity index (χ4v) is 5.12. The number of benzene rings is 1. The Morgan fingerprint density at radius 2 is 1.89 bits per heavy atom. The van der Waals surface area contributed by atoms with E-state index in [1.165, 1.54) is 31.5 Å². The van der Waals surface area contributed by atoms with Crippen LogP contribution in [-0.4, -0.2) is 53.0 Å². The van der Waals surface area contributed by atoms with Crippen molar-refractivity contribution >= 4 is 17.6 Å². The van der Waals surface area contributed by atoms with Gasteiger partial charge in [-0.25, -0.2) is 4.79 Å². The van der Waals surface area contributed by atoms with Crippen LogP contribution < -0.4 is 5.32 Å². The van der Waals surface area contributed by atoms with Crippen LogP contribution in [0.5, 0.6) is 0 Å². The minimum absolute atomic E-state index is 0.0232. The van der Waals surface area contributed by atoms with E-state index in [1.54, 1.807) is 0 Å². The average molecular weight is 397 g/mol. The molecule has 0 saturated carbocycles. The van der Waals surface area contributed by atoms with Crippen LogP contribution in [0.25, 0.3) is 0 Å². The number of rotatable bonds is 2. The van der Waals surface area contributed by atoms with Gasteiger partial charge in [-0.3, -0.25) is 4.98 Å². The number of halogens is 1. The van der Waals surface area contributed by atoms with E-state index in [-0.39, 0.29) is 18.1 Å². The lowest BCUT2D eigenvalue weighted by Crippen LogP contribution is -2.59. The smallest absolute Gasteiger partial charge is 0.318 e. The largest absolute Gasteiger partial charge is 0.334 e. The van der Waals surface area contributed by atoms with Gasteiger partial charge in [-0.1, -0.05) is 29.8 Å². The van der Waals surface area contributed by atoms with Crippen LogP contribution >= 0.6 is 11.6 Å². The fourth-order valence-electron chi connectivity index (χ4n) is 5.00. The summed E-state index contributed by atoms with van der Waals surface area (Å²) in [5.74, 6) is 0.609. The van der Waals surface area contributed by atoms with Crippen LogP contribution in [0.1, 0.15) is 35.7 Å². The number of piperidine rings is 3. The number of amides is 2. The number of aromatic nitrogens is 1. The number of nitrogens with zero attached hydrogens (tertiary/aromatic N) is 3. The van der Waals surface area contributed by atoms with Crippen molar-refractivity contribution in [3.05, 3.63) is 64.4 Å². The molecule has 146 valence electrons. The summed E-state index contributed by atoms with van der Waals surface area (Å²) in [4.78, 5) is 22.4. The molecule has 2 amide bonds. The Morgan fingerprint density at radius 3 is 2.61 bits per heavy atom. The second kappa shape index (κ2) is 7.37. The maximum Gasteiger partial charge on any atom is 0.318 e. The van der Waals surface area contributed by atoms with Crippen molar-refractivity contribution in [2.45, 2.75) is 31.3 Å². The van der Waals surface area contributed by atoms with Gasteiger partial charge in [-0.05, 0) is 67.6 Å². The first-order valence-electron chi connectivity index (χ1n) is 10.2. The van der Waals surface area contributed by atoms with Gasteiger partial charge in [0.2, 0.25) is 0 Å². The van der Waals surface area contributed by atoms with Crippen LogP contribution in [0.4, 0.5) is 4.79 Å². The van der Waals surface area contributed by atoms with Crippen molar-refractivity contribution in [1.82, 2.24) is 20.1 Å². The molecule has 0 spiro atoms. The number of fused-ring (bicyclic) bond motifs is 4. The predicted molar refractivity (Wildman–Crippen MR) is 109 cm³/mol. The second-order valence-corrected chi connectivity index (χ2v) is 8.58. The monoisotopic (exact) mass is 396 g/mol. The third-order valence-corrected chi connectivity index (χ3v) is 6.78. The van der Waals surface area contributed by atoms with Gasteiger partial charge >= 0.3 is 6.03 Å². The van der Waals surface area contributed by atoms with Crippen molar-refractivity contribution in [3.63, 3.8) is 0 Å². The summed E-state index contributed by atoms with van der Waals surface area (Å²) in [6.45, 7) is 4.01. The maximum atomic E-state index is 13.3. The second-order valence-electron chi connectivity index (χ2n) is 8.14. The molecule has 2 atom stereocenters. The number of hydrogen-bond acceptors (Lipinski definition) is 3. The molecule has 1 N–H and O–H groups in total. The average Bonchev–Trinajstić information content (AvgIpc) is 2.74. The van der Waals surface area contributed by atoms with Crippen LogP contribution in [0.15, 0.2) is 42.6 Å². The molecule has 5 nitrogen and oxygen atoms in total. The van der Waals surface area contributed by atoms with E-state index in [0.29, 0.717) is 17.5 Å². The van der Waals surface area contributed by atoms with Crippen LogP contribution in [0, 0.1) is 5.92 Å². The molecular formula is C22H25ClN4O. The molecule has 4 aliphatic heterocycles. The van der Waals surface area contributed by atoms with Gasteiger partial charge in [0.1, 0.15) is 6.04 Å². The SMILES string of the molecule is O=C(NC1CN2CCC1CC2)N1CCc2cccnc2C1c1ccc(Cl)cc1. The number of urea groups is 1. The summed E-state index contributed by atoms with van der Waals surface area (Å²) in [5.41, 5.74) is 3.24. The number of pyridine rings is 1. The number of hydrogen-bond donors (Lipinski definition) is 1. The normalized spacial score (nSPS) is 28.7. The maximum absolute atomic E-state index is 13.3. The highest BCUT2D eigenvalue weighted by Gasteiger charge is 2.38. The molecule has 28 heavy (non-hydrogen) atoms. The third-order valence-electron chi connectivity index (χ3n) is 6.53. The lowest BCUT2D eigenvalue weighted by atomic mass is 9.84. The zero-order chi connectivity index (χ0) is 19.1. The Bertz CT molecular complexity index is 863. The van der Waals surface area contributed by atoms with E-state index in [2.05, 4.69) is 21.3 Å². The van der Waals surface area contributed by atoms with Crippen LogP contribution in [0.3, 0.4) is 0 Å². The van der Waals surface area contributed by atoms with E-state index in [9.17, 15) is 4.79 Å². The van der Waals surface area contributed by atoms with Gasteiger partial charge in [0.05, 0.1) is 5.69 Å². The lowest BCUT2D eigenvalue weighted by molar-refractivity contribution is 0.0714. The highest BCUT2D eigenvalue weighted by Crippen LogP contribution is 2.35. The van der Waals surface area contributed by atoms with E-state index in [4.69, 9.17) is 11.6 Å². The Kier molecular flexibility index (Phi) is 4.73. The molecular weight excluding hydrogens is 372 g/mol. The summed E-state index contributed by atoms with van der Waals surface area (Å²) in [5, 5.41) is 4.05. The topological polar surface area (TPSA) is 48.5 Å². The molecule has 5 heterocycles. The summed E-state index contributed by atoms with van der Waals surface area (Å²) in [7, 11) is 0. The van der Waals surface area contributed by atoms with E-state index < -0.39 is 0 Å². The van der Waals surface area contributed by atoms with Gasteiger partial charge in [-0.2, -0.15) is 0 Å². The van der Waals surface area contributed by atoms with Gasteiger partial charge in [-0.15, -0.1) is 0 Å². The van der Waals surface area contributed by atoms with Gasteiger partial charge in [0.15, 0.2) is 0 Å². The lowest BCUT2D eigenvalue weighted by Gasteiger charge is -2.46. The molecule has 6 rings (SSSR count). The Labute approximate surface area is 170 Å². The molecule has 4 aliphatic rings. The summed E-state index contributed by atoms with van der Waals surface area (Å²) < 4.78 is 0. The van der Waals surface area contributed by atoms with Crippen LogP contribution in [-0.2, 0) is 6.42 Å². The fraction of sp³-hybridized carbons (Fsp3) is 0.455. The van der Waals surface area contributed by atoms with Crippen molar-refractivity contribution in [3.8, 4) is 0 Å². The zero-order valence-corrected chi connectivity index (χ0v) is 16.6. The Morgan fingerprint density at radius 1 is 1.11 bits per heavy atom. The summed E-state index contributed by atoms with van der Waals surface area (Å²) in [6, 6.07) is 12.0. The molecule has 1 aromatic carbocycles. The zero-order valence-electron chi connectivity index (χ0n) is 15.9. The van der Waals surface area contributed by atoms with Crippen molar-refractivity contribution < 1.29 is 4.79 Å². The van der Waals surface area contributed by atoms with Gasteiger partial charge in [0.25, 0.3) is 0 Å². The molecule has 3 fully saturated rings. The summed E-state index contributed by atoms with van der Waals surface area (Å²) in [6.07, 6.45) is 5.03. The summed E-state index contributed by atoms with van der Waals surface area (Å²) >= 11 is 6.10. The van der Waals surface area contributed by atoms with Gasteiger partial charge < -0.3 is 15.1 Å². The Hall–Kier alpha value is -2.11. The number of nitrogens with one attached hydrogen (secondary N) is 1. The highest BCUT2D eigenvalue weighted by molar-refractivity contribution is 6.30. The van der Waals surface area contributed by atoms with E-state index >= 15 is 0 Å². The van der Waals surface area contributed by atoms with Crippen molar-refractivity contribution in [2.24, 2.45) is 5.92 Å². The first kappa shape index (κ1) is 18.0. The first-order valence-corrected chi connectivity index (χ1v) is 10.6. The first-order chi connectivity index (χ1) is 13.7.